The molecule has 2 aromatic rings. The lowest BCUT2D eigenvalue weighted by Crippen LogP contribution is -2.18. The molecular weight excluding hydrogens is 226 g/mol. The van der Waals surface area contributed by atoms with Crippen LogP contribution in [0.4, 0.5) is 0 Å². The van der Waals surface area contributed by atoms with E-state index in [1.807, 2.05) is 22.6 Å². The first-order valence-electron chi connectivity index (χ1n) is 5.43. The molecule has 0 bridgehead atoms. The van der Waals surface area contributed by atoms with E-state index >= 15 is 0 Å². The molecule has 1 atom stereocenters. The third kappa shape index (κ3) is 1.58. The van der Waals surface area contributed by atoms with Crippen LogP contribution in [0.15, 0.2) is 18.2 Å². The van der Waals surface area contributed by atoms with E-state index in [4.69, 9.17) is 16.3 Å². The van der Waals surface area contributed by atoms with Crippen LogP contribution in [0.25, 0.3) is 5.65 Å². The van der Waals surface area contributed by atoms with Gasteiger partial charge in [0.15, 0.2) is 5.65 Å². The highest BCUT2D eigenvalue weighted by molar-refractivity contribution is 6.29. The number of ether oxygens (including phenoxy) is 1. The fourth-order valence-electron chi connectivity index (χ4n) is 2.13. The van der Waals surface area contributed by atoms with Gasteiger partial charge in [-0.25, -0.2) is 0 Å². The Bertz CT molecular complexity index is 505. The molecule has 1 aliphatic heterocycles. The highest BCUT2D eigenvalue weighted by atomic mass is 35.5. The molecule has 4 nitrogen and oxygen atoms in total. The van der Waals surface area contributed by atoms with E-state index in [0.29, 0.717) is 17.7 Å². The standard InChI is InChI=1S/C11H12ClN3O/c12-9-4-1-5-10-13-14-11(15(9)10)8-3-2-6-16-7-8/h1,4-5,8H,2-3,6-7H2. The summed E-state index contributed by atoms with van der Waals surface area (Å²) >= 11 is 6.16. The van der Waals surface area contributed by atoms with Gasteiger partial charge in [0.25, 0.3) is 0 Å². The van der Waals surface area contributed by atoms with Crippen LogP contribution >= 0.6 is 11.6 Å². The molecule has 1 aliphatic rings. The van der Waals surface area contributed by atoms with Crippen LogP contribution in [-0.4, -0.2) is 27.8 Å². The topological polar surface area (TPSA) is 39.4 Å². The van der Waals surface area contributed by atoms with Crippen molar-refractivity contribution in [1.29, 1.82) is 0 Å². The molecule has 0 radical (unpaired) electrons. The Morgan fingerprint density at radius 1 is 1.38 bits per heavy atom. The van der Waals surface area contributed by atoms with Gasteiger partial charge in [-0.3, -0.25) is 4.40 Å². The molecule has 3 heterocycles. The number of hydrogen-bond donors (Lipinski definition) is 0. The van der Waals surface area contributed by atoms with Crippen LogP contribution < -0.4 is 0 Å². The van der Waals surface area contributed by atoms with Crippen molar-refractivity contribution < 1.29 is 4.74 Å². The lowest BCUT2D eigenvalue weighted by molar-refractivity contribution is 0.0778. The van der Waals surface area contributed by atoms with Crippen molar-refractivity contribution in [2.75, 3.05) is 13.2 Å². The van der Waals surface area contributed by atoms with Gasteiger partial charge in [0.2, 0.25) is 0 Å². The maximum absolute atomic E-state index is 6.16. The summed E-state index contributed by atoms with van der Waals surface area (Å²) in [5, 5.41) is 9.01. The van der Waals surface area contributed by atoms with Crippen molar-refractivity contribution in [2.24, 2.45) is 0 Å². The zero-order valence-electron chi connectivity index (χ0n) is 8.77. The summed E-state index contributed by atoms with van der Waals surface area (Å²) in [4.78, 5) is 0. The molecule has 0 aliphatic carbocycles. The third-order valence-electron chi connectivity index (χ3n) is 2.93. The highest BCUT2D eigenvalue weighted by Crippen LogP contribution is 2.26. The molecule has 3 rings (SSSR count). The Morgan fingerprint density at radius 3 is 3.12 bits per heavy atom. The summed E-state index contributed by atoms with van der Waals surface area (Å²) in [6.45, 7) is 1.56. The zero-order valence-corrected chi connectivity index (χ0v) is 9.52. The van der Waals surface area contributed by atoms with Crippen molar-refractivity contribution in [3.63, 3.8) is 0 Å². The van der Waals surface area contributed by atoms with Gasteiger partial charge in [0.1, 0.15) is 11.0 Å². The van der Waals surface area contributed by atoms with E-state index in [9.17, 15) is 0 Å². The van der Waals surface area contributed by atoms with Crippen LogP contribution in [0.2, 0.25) is 5.15 Å². The first kappa shape index (κ1) is 10.1. The Hall–Kier alpha value is -1.13. The number of aromatic nitrogens is 3. The average Bonchev–Trinajstić information content (AvgIpc) is 2.75. The van der Waals surface area contributed by atoms with Gasteiger partial charge in [0, 0.05) is 12.5 Å². The predicted molar refractivity (Wildman–Crippen MR) is 60.8 cm³/mol. The van der Waals surface area contributed by atoms with E-state index in [1.165, 1.54) is 0 Å². The van der Waals surface area contributed by atoms with Crippen molar-refractivity contribution in [3.8, 4) is 0 Å². The molecular formula is C11H12ClN3O. The minimum absolute atomic E-state index is 0.309. The molecule has 1 fully saturated rings. The largest absolute Gasteiger partial charge is 0.381 e. The molecule has 2 aromatic heterocycles. The Morgan fingerprint density at radius 2 is 2.31 bits per heavy atom. The second-order valence-electron chi connectivity index (χ2n) is 4.01. The maximum Gasteiger partial charge on any atom is 0.161 e. The summed E-state index contributed by atoms with van der Waals surface area (Å²) in [5.74, 6) is 1.23. The van der Waals surface area contributed by atoms with E-state index < -0.39 is 0 Å². The molecule has 84 valence electrons. The van der Waals surface area contributed by atoms with Gasteiger partial charge < -0.3 is 4.74 Å². The molecule has 1 unspecified atom stereocenters. The first-order valence-corrected chi connectivity index (χ1v) is 5.81. The van der Waals surface area contributed by atoms with E-state index in [0.717, 1.165) is 30.9 Å². The SMILES string of the molecule is Clc1cccc2nnc(C3CCCOC3)n12. The number of nitrogens with zero attached hydrogens (tertiary/aromatic N) is 3. The predicted octanol–water partition coefficient (Wildman–Crippen LogP) is 2.28. The first-order chi connectivity index (χ1) is 7.86. The number of hydrogen-bond acceptors (Lipinski definition) is 3. The van der Waals surface area contributed by atoms with Crippen LogP contribution in [0.1, 0.15) is 24.6 Å². The summed E-state index contributed by atoms with van der Waals surface area (Å²) in [6, 6.07) is 5.64. The number of pyridine rings is 1. The molecule has 0 spiro atoms. The van der Waals surface area contributed by atoms with Gasteiger partial charge in [-0.2, -0.15) is 0 Å². The smallest absolute Gasteiger partial charge is 0.161 e. The van der Waals surface area contributed by atoms with Crippen LogP contribution in [0.3, 0.4) is 0 Å². The van der Waals surface area contributed by atoms with Crippen LogP contribution in [-0.2, 0) is 4.74 Å². The van der Waals surface area contributed by atoms with Gasteiger partial charge in [-0.15, -0.1) is 10.2 Å². The lowest BCUT2D eigenvalue weighted by Gasteiger charge is -2.20. The quantitative estimate of drug-likeness (QED) is 0.715. The van der Waals surface area contributed by atoms with Crippen molar-refractivity contribution in [2.45, 2.75) is 18.8 Å². The Kier molecular flexibility index (Phi) is 2.53. The monoisotopic (exact) mass is 237 g/mol. The Labute approximate surface area is 98.2 Å². The van der Waals surface area contributed by atoms with Gasteiger partial charge in [0.05, 0.1) is 6.61 Å². The summed E-state index contributed by atoms with van der Waals surface area (Å²) in [5.41, 5.74) is 0.799. The van der Waals surface area contributed by atoms with Gasteiger partial charge in [-0.1, -0.05) is 17.7 Å². The van der Waals surface area contributed by atoms with E-state index in [-0.39, 0.29) is 0 Å². The normalized spacial score (nSPS) is 21.4. The summed E-state index contributed by atoms with van der Waals surface area (Å²) in [6.07, 6.45) is 2.16. The van der Waals surface area contributed by atoms with Crippen LogP contribution in [0.5, 0.6) is 0 Å². The molecule has 1 saturated heterocycles. The molecule has 0 amide bonds. The summed E-state index contributed by atoms with van der Waals surface area (Å²) in [7, 11) is 0. The van der Waals surface area contributed by atoms with E-state index in [2.05, 4.69) is 10.2 Å². The highest BCUT2D eigenvalue weighted by Gasteiger charge is 2.22. The fourth-order valence-corrected chi connectivity index (χ4v) is 2.38. The van der Waals surface area contributed by atoms with Gasteiger partial charge in [-0.05, 0) is 25.0 Å². The van der Waals surface area contributed by atoms with Crippen LogP contribution in [0, 0.1) is 0 Å². The lowest BCUT2D eigenvalue weighted by atomic mass is 10.0. The summed E-state index contributed by atoms with van der Waals surface area (Å²) < 4.78 is 7.37. The Balaban J connectivity index is 2.09. The molecule has 5 heteroatoms. The van der Waals surface area contributed by atoms with E-state index in [1.54, 1.807) is 0 Å². The molecule has 16 heavy (non-hydrogen) atoms. The minimum Gasteiger partial charge on any atom is -0.381 e. The fraction of sp³-hybridized carbons (Fsp3) is 0.455. The zero-order chi connectivity index (χ0) is 11.0. The number of rotatable bonds is 1. The maximum atomic E-state index is 6.16. The second-order valence-corrected chi connectivity index (χ2v) is 4.40. The third-order valence-corrected chi connectivity index (χ3v) is 3.23. The van der Waals surface area contributed by atoms with Crippen molar-refractivity contribution in [1.82, 2.24) is 14.6 Å². The molecule has 0 saturated carbocycles. The molecule has 0 N–H and O–H groups in total. The number of halogens is 1. The van der Waals surface area contributed by atoms with Crippen molar-refractivity contribution >= 4 is 17.2 Å². The average molecular weight is 238 g/mol. The van der Waals surface area contributed by atoms with Crippen molar-refractivity contribution in [3.05, 3.63) is 29.2 Å². The number of fused-ring (bicyclic) bond motifs is 1. The minimum atomic E-state index is 0.309. The molecule has 0 aromatic carbocycles. The second kappa shape index (κ2) is 4.03. The van der Waals surface area contributed by atoms with Gasteiger partial charge >= 0.3 is 0 Å².